The molecular formula is C14H30O2Si. The van der Waals surface area contributed by atoms with Crippen molar-refractivity contribution in [3.8, 4) is 0 Å². The third-order valence-electron chi connectivity index (χ3n) is 2.69. The molecule has 0 aliphatic heterocycles. The quantitative estimate of drug-likeness (QED) is 0.544. The summed E-state index contributed by atoms with van der Waals surface area (Å²) in [7, 11) is -1.83. The molecule has 0 aliphatic rings. The van der Waals surface area contributed by atoms with E-state index in [-0.39, 0.29) is 16.2 Å². The highest BCUT2D eigenvalue weighted by molar-refractivity contribution is 6.49. The Hall–Kier alpha value is -0.123. The lowest BCUT2D eigenvalue weighted by molar-refractivity contribution is 0.0245. The summed E-state index contributed by atoms with van der Waals surface area (Å²) in [6, 6.07) is 0. The Morgan fingerprint density at radius 2 is 1.29 bits per heavy atom. The van der Waals surface area contributed by atoms with Gasteiger partial charge in [0.1, 0.15) is 0 Å². The van der Waals surface area contributed by atoms with Crippen molar-refractivity contribution in [3.63, 3.8) is 0 Å². The molecular weight excluding hydrogens is 228 g/mol. The summed E-state index contributed by atoms with van der Waals surface area (Å²) in [6.07, 6.45) is 3.00. The van der Waals surface area contributed by atoms with Crippen LogP contribution in [0.3, 0.4) is 0 Å². The third kappa shape index (κ3) is 6.39. The summed E-state index contributed by atoms with van der Waals surface area (Å²) < 4.78 is 12.4. The highest BCUT2D eigenvalue weighted by Gasteiger charge is 2.40. The van der Waals surface area contributed by atoms with Gasteiger partial charge in [-0.15, -0.1) is 6.58 Å². The summed E-state index contributed by atoms with van der Waals surface area (Å²) in [5.41, 5.74) is -0.330. The summed E-state index contributed by atoms with van der Waals surface area (Å²) in [5, 5.41) is -0.0272. The maximum Gasteiger partial charge on any atom is 0.332 e. The lowest BCUT2D eigenvalue weighted by Crippen LogP contribution is -2.45. The van der Waals surface area contributed by atoms with Crippen LogP contribution in [0.15, 0.2) is 12.7 Å². The van der Waals surface area contributed by atoms with Crippen molar-refractivity contribution in [2.75, 3.05) is 0 Å². The van der Waals surface area contributed by atoms with Crippen LogP contribution in [0.5, 0.6) is 0 Å². The lowest BCUT2D eigenvalue weighted by Gasteiger charge is -2.40. The van der Waals surface area contributed by atoms with E-state index in [0.717, 1.165) is 6.42 Å². The molecule has 0 bridgehead atoms. The topological polar surface area (TPSA) is 18.5 Å². The van der Waals surface area contributed by atoms with Gasteiger partial charge < -0.3 is 8.85 Å². The van der Waals surface area contributed by atoms with Crippen LogP contribution in [-0.2, 0) is 8.85 Å². The third-order valence-corrected chi connectivity index (χ3v) is 6.25. The van der Waals surface area contributed by atoms with Crippen molar-refractivity contribution >= 4 is 9.28 Å². The Morgan fingerprint density at radius 1 is 0.941 bits per heavy atom. The van der Waals surface area contributed by atoms with E-state index in [2.05, 4.69) is 62.0 Å². The second kappa shape index (κ2) is 5.68. The van der Waals surface area contributed by atoms with Gasteiger partial charge in [-0.05, 0) is 48.0 Å². The molecule has 17 heavy (non-hydrogen) atoms. The molecule has 0 aromatic carbocycles. The van der Waals surface area contributed by atoms with E-state index in [9.17, 15) is 0 Å². The van der Waals surface area contributed by atoms with Gasteiger partial charge in [0.2, 0.25) is 0 Å². The zero-order valence-electron chi connectivity index (χ0n) is 12.9. The predicted octanol–water partition coefficient (Wildman–Crippen LogP) is 4.19. The summed E-state index contributed by atoms with van der Waals surface area (Å²) in [4.78, 5) is 0. The highest BCUT2D eigenvalue weighted by atomic mass is 28.3. The smallest absolute Gasteiger partial charge is 0.332 e. The van der Waals surface area contributed by atoms with Crippen LogP contribution >= 0.6 is 0 Å². The molecule has 0 spiro atoms. The highest BCUT2D eigenvalue weighted by Crippen LogP contribution is 2.38. The molecule has 0 heterocycles. The van der Waals surface area contributed by atoms with Crippen molar-refractivity contribution in [2.45, 2.75) is 78.1 Å². The van der Waals surface area contributed by atoms with Crippen LogP contribution < -0.4 is 0 Å². The van der Waals surface area contributed by atoms with Crippen molar-refractivity contribution in [2.24, 2.45) is 0 Å². The fraction of sp³-hybridized carbons (Fsp3) is 0.857. The van der Waals surface area contributed by atoms with Crippen molar-refractivity contribution < 1.29 is 8.85 Å². The van der Waals surface area contributed by atoms with E-state index >= 15 is 0 Å². The molecule has 0 aromatic heterocycles. The summed E-state index contributed by atoms with van der Waals surface area (Å²) >= 11 is 0. The Labute approximate surface area is 109 Å². The fourth-order valence-electron chi connectivity index (χ4n) is 1.34. The Morgan fingerprint density at radius 3 is 1.47 bits per heavy atom. The Kier molecular flexibility index (Phi) is 5.64. The molecule has 0 radical (unpaired) electrons. The molecule has 0 amide bonds. The molecule has 0 saturated carbocycles. The molecule has 0 saturated heterocycles. The van der Waals surface area contributed by atoms with Gasteiger partial charge in [0.05, 0.1) is 0 Å². The first-order chi connectivity index (χ1) is 7.43. The van der Waals surface area contributed by atoms with E-state index in [1.165, 1.54) is 0 Å². The monoisotopic (exact) mass is 258 g/mol. The Bertz CT molecular complexity index is 234. The predicted molar refractivity (Wildman–Crippen MR) is 77.7 cm³/mol. The van der Waals surface area contributed by atoms with Gasteiger partial charge in [0.15, 0.2) is 0 Å². The van der Waals surface area contributed by atoms with Crippen LogP contribution in [0.1, 0.15) is 61.8 Å². The van der Waals surface area contributed by atoms with Gasteiger partial charge in [0.25, 0.3) is 0 Å². The molecule has 102 valence electrons. The van der Waals surface area contributed by atoms with Gasteiger partial charge in [-0.25, -0.2) is 0 Å². The number of rotatable bonds is 5. The summed E-state index contributed by atoms with van der Waals surface area (Å²) in [6.45, 7) is 20.8. The minimum Gasteiger partial charge on any atom is -0.391 e. The molecule has 0 aromatic rings. The normalized spacial score (nSPS) is 17.0. The van der Waals surface area contributed by atoms with Gasteiger partial charge >= 0.3 is 9.28 Å². The second-order valence-corrected chi connectivity index (χ2v) is 9.31. The van der Waals surface area contributed by atoms with Crippen molar-refractivity contribution in [1.82, 2.24) is 0 Å². The van der Waals surface area contributed by atoms with Crippen LogP contribution in [0.4, 0.5) is 0 Å². The van der Waals surface area contributed by atoms with Gasteiger partial charge in [-0.1, -0.05) is 19.9 Å². The molecule has 0 N–H and O–H groups in total. The molecule has 0 rings (SSSR count). The SMILES string of the molecule is C=CC(C)(CC)[SiH](OC(C)(C)C)OC(C)(C)C. The van der Waals surface area contributed by atoms with Gasteiger partial charge in [-0.2, -0.15) is 0 Å². The molecule has 0 aliphatic carbocycles. The number of hydrogen-bond acceptors (Lipinski definition) is 2. The fourth-order valence-corrected chi connectivity index (χ4v) is 3.74. The number of allylic oxidation sites excluding steroid dienone is 1. The maximum absolute atomic E-state index is 6.21. The van der Waals surface area contributed by atoms with Crippen molar-refractivity contribution in [1.29, 1.82) is 0 Å². The average Bonchev–Trinajstić information content (AvgIpc) is 2.11. The number of hydrogen-bond donors (Lipinski definition) is 0. The van der Waals surface area contributed by atoms with Crippen LogP contribution in [-0.4, -0.2) is 20.5 Å². The molecule has 2 nitrogen and oxygen atoms in total. The first-order valence-electron chi connectivity index (χ1n) is 6.43. The standard InChI is InChI=1S/C14H30O2Si/c1-10-14(9,11-2)17(15-12(3,4)5)16-13(6,7)8/h10,17H,1,11H2,2-9H3. The first kappa shape index (κ1) is 16.9. The van der Waals surface area contributed by atoms with E-state index in [0.29, 0.717) is 0 Å². The summed E-state index contributed by atoms with van der Waals surface area (Å²) in [5.74, 6) is 0. The van der Waals surface area contributed by atoms with E-state index in [1.54, 1.807) is 0 Å². The minimum absolute atomic E-state index is 0.0272. The minimum atomic E-state index is -1.83. The second-order valence-electron chi connectivity index (χ2n) is 6.86. The molecule has 1 unspecified atom stereocenters. The first-order valence-corrected chi connectivity index (χ1v) is 7.95. The zero-order valence-corrected chi connectivity index (χ0v) is 14.0. The van der Waals surface area contributed by atoms with Crippen LogP contribution in [0.2, 0.25) is 5.04 Å². The zero-order chi connectivity index (χ0) is 13.9. The van der Waals surface area contributed by atoms with E-state index in [1.807, 2.05) is 6.08 Å². The van der Waals surface area contributed by atoms with Gasteiger partial charge in [-0.3, -0.25) is 0 Å². The van der Waals surface area contributed by atoms with Gasteiger partial charge in [0, 0.05) is 16.2 Å². The Balaban J connectivity index is 5.03. The maximum atomic E-state index is 6.21. The lowest BCUT2D eigenvalue weighted by atomic mass is 10.1. The molecule has 1 atom stereocenters. The van der Waals surface area contributed by atoms with Crippen LogP contribution in [0.25, 0.3) is 0 Å². The molecule has 0 fully saturated rings. The average molecular weight is 258 g/mol. The van der Waals surface area contributed by atoms with Crippen LogP contribution in [0, 0.1) is 0 Å². The van der Waals surface area contributed by atoms with E-state index in [4.69, 9.17) is 8.85 Å². The van der Waals surface area contributed by atoms with Crippen molar-refractivity contribution in [3.05, 3.63) is 12.7 Å². The van der Waals surface area contributed by atoms with E-state index < -0.39 is 9.28 Å². The largest absolute Gasteiger partial charge is 0.391 e. The molecule has 3 heteroatoms.